The minimum atomic E-state index is 0.470. The fourth-order valence-corrected chi connectivity index (χ4v) is 2.63. The summed E-state index contributed by atoms with van der Waals surface area (Å²) >= 11 is 3.43. The number of halogens is 1. The van der Waals surface area contributed by atoms with E-state index in [2.05, 4.69) is 45.2 Å². The van der Waals surface area contributed by atoms with Gasteiger partial charge in [-0.25, -0.2) is 4.52 Å². The van der Waals surface area contributed by atoms with E-state index in [0.717, 1.165) is 28.5 Å². The van der Waals surface area contributed by atoms with Crippen molar-refractivity contribution in [1.29, 1.82) is 0 Å². The summed E-state index contributed by atoms with van der Waals surface area (Å²) in [6, 6.07) is 3.93. The molecule has 1 N–H and O–H groups in total. The van der Waals surface area contributed by atoms with Gasteiger partial charge in [-0.2, -0.15) is 4.98 Å². The Labute approximate surface area is 115 Å². The topological polar surface area (TPSA) is 42.2 Å². The minimum Gasteiger partial charge on any atom is -0.352 e. The zero-order chi connectivity index (χ0) is 12.8. The molecule has 0 unspecified atom stereocenters. The van der Waals surface area contributed by atoms with Crippen LogP contribution in [0.25, 0.3) is 5.65 Å². The first-order valence-corrected chi connectivity index (χ1v) is 7.14. The monoisotopic (exact) mass is 308 g/mol. The number of hydrogen-bond donors (Lipinski definition) is 1. The Bertz CT molecular complexity index is 571. The Balaban J connectivity index is 1.75. The van der Waals surface area contributed by atoms with E-state index >= 15 is 0 Å². The van der Waals surface area contributed by atoms with Gasteiger partial charge in [0.25, 0.3) is 0 Å². The zero-order valence-electron chi connectivity index (χ0n) is 10.7. The second kappa shape index (κ2) is 4.23. The summed E-state index contributed by atoms with van der Waals surface area (Å²) in [6.07, 6.45) is 4.55. The van der Waals surface area contributed by atoms with Crippen LogP contribution in [-0.4, -0.2) is 21.1 Å². The highest BCUT2D eigenvalue weighted by molar-refractivity contribution is 9.10. The Hall–Kier alpha value is -1.10. The Morgan fingerprint density at radius 2 is 2.22 bits per heavy atom. The maximum absolute atomic E-state index is 4.46. The summed E-state index contributed by atoms with van der Waals surface area (Å²) in [7, 11) is 0. The van der Waals surface area contributed by atoms with Gasteiger partial charge in [0.05, 0.1) is 0 Å². The lowest BCUT2D eigenvalue weighted by Gasteiger charge is -2.19. The van der Waals surface area contributed by atoms with Crippen LogP contribution in [0.15, 0.2) is 22.8 Å². The first-order chi connectivity index (χ1) is 8.59. The number of aromatic nitrogens is 3. The van der Waals surface area contributed by atoms with Crippen molar-refractivity contribution in [3.05, 3.63) is 22.8 Å². The number of nitrogens with one attached hydrogen (secondary N) is 1. The summed E-state index contributed by atoms with van der Waals surface area (Å²) in [5.74, 6) is 1.44. The number of pyridine rings is 1. The summed E-state index contributed by atoms with van der Waals surface area (Å²) in [5.41, 5.74) is 1.34. The molecular weight excluding hydrogens is 292 g/mol. The molecule has 0 bridgehead atoms. The van der Waals surface area contributed by atoms with Crippen molar-refractivity contribution >= 4 is 27.5 Å². The first-order valence-electron chi connectivity index (χ1n) is 6.35. The van der Waals surface area contributed by atoms with Crippen molar-refractivity contribution in [3.63, 3.8) is 0 Å². The number of nitrogens with zero attached hydrogens (tertiary/aromatic N) is 3. The Morgan fingerprint density at radius 3 is 2.89 bits per heavy atom. The average molecular weight is 309 g/mol. The van der Waals surface area contributed by atoms with Crippen molar-refractivity contribution in [2.24, 2.45) is 11.3 Å². The summed E-state index contributed by atoms with van der Waals surface area (Å²) in [5, 5.41) is 7.81. The maximum atomic E-state index is 4.46. The third-order valence-corrected chi connectivity index (χ3v) is 4.48. The normalized spacial score (nSPS) is 17.3. The van der Waals surface area contributed by atoms with E-state index in [9.17, 15) is 0 Å². The van der Waals surface area contributed by atoms with Crippen LogP contribution in [0, 0.1) is 11.3 Å². The van der Waals surface area contributed by atoms with Gasteiger partial charge in [-0.05, 0) is 52.2 Å². The highest BCUT2D eigenvalue weighted by Gasteiger charge is 2.45. The largest absolute Gasteiger partial charge is 0.352 e. The second-order valence-electron chi connectivity index (χ2n) is 5.46. The summed E-state index contributed by atoms with van der Waals surface area (Å²) in [6.45, 7) is 5.56. The molecule has 1 fully saturated rings. The van der Waals surface area contributed by atoms with Crippen LogP contribution >= 0.6 is 15.9 Å². The number of hydrogen-bond acceptors (Lipinski definition) is 3. The number of fused-ring (bicyclic) bond motifs is 1. The highest BCUT2D eigenvalue weighted by atomic mass is 79.9. The van der Waals surface area contributed by atoms with E-state index in [1.54, 1.807) is 4.52 Å². The average Bonchev–Trinajstić information content (AvgIpc) is 3.02. The number of rotatable bonds is 4. The molecule has 2 heterocycles. The van der Waals surface area contributed by atoms with Crippen molar-refractivity contribution in [2.45, 2.75) is 26.7 Å². The van der Waals surface area contributed by atoms with Gasteiger partial charge in [0.2, 0.25) is 5.95 Å². The van der Waals surface area contributed by atoms with Crippen molar-refractivity contribution in [1.82, 2.24) is 14.6 Å². The molecule has 0 aromatic carbocycles. The lowest BCUT2D eigenvalue weighted by Crippen LogP contribution is -2.21. The van der Waals surface area contributed by atoms with Gasteiger partial charge in [-0.1, -0.05) is 13.8 Å². The van der Waals surface area contributed by atoms with Gasteiger partial charge in [0.15, 0.2) is 5.65 Å². The molecule has 0 spiro atoms. The van der Waals surface area contributed by atoms with Crippen LogP contribution in [0.2, 0.25) is 0 Å². The van der Waals surface area contributed by atoms with Crippen molar-refractivity contribution in [2.75, 3.05) is 11.9 Å². The predicted molar refractivity (Wildman–Crippen MR) is 75.7 cm³/mol. The molecule has 0 saturated heterocycles. The van der Waals surface area contributed by atoms with E-state index in [1.165, 1.54) is 12.8 Å². The molecule has 0 radical (unpaired) electrons. The lowest BCUT2D eigenvalue weighted by molar-refractivity contribution is 0.379. The first kappa shape index (κ1) is 12.0. The number of anilines is 1. The van der Waals surface area contributed by atoms with Crippen molar-refractivity contribution < 1.29 is 0 Å². The quantitative estimate of drug-likeness (QED) is 0.942. The molecular formula is C13H17BrN4. The van der Waals surface area contributed by atoms with Gasteiger partial charge in [-0.3, -0.25) is 0 Å². The fourth-order valence-electron chi connectivity index (χ4n) is 2.31. The molecule has 0 amide bonds. The zero-order valence-corrected chi connectivity index (χ0v) is 12.2. The van der Waals surface area contributed by atoms with Gasteiger partial charge >= 0.3 is 0 Å². The third-order valence-electron chi connectivity index (χ3n) is 4.01. The second-order valence-corrected chi connectivity index (χ2v) is 6.37. The van der Waals surface area contributed by atoms with E-state index in [0.29, 0.717) is 5.41 Å². The maximum Gasteiger partial charge on any atom is 0.243 e. The standard InChI is InChI=1S/C13H17BrN4/c1-9(2)13(5-6-13)8-15-12-16-11-4-3-10(14)7-18(11)17-12/h3-4,7,9H,5-6,8H2,1-2H3,(H,15,17). The molecule has 5 heteroatoms. The van der Waals surface area contributed by atoms with Crippen LogP contribution in [0.1, 0.15) is 26.7 Å². The Morgan fingerprint density at radius 1 is 1.44 bits per heavy atom. The van der Waals surface area contributed by atoms with Crippen LogP contribution in [0.4, 0.5) is 5.95 Å². The van der Waals surface area contributed by atoms with Gasteiger partial charge in [0.1, 0.15) is 0 Å². The van der Waals surface area contributed by atoms with Gasteiger partial charge in [0, 0.05) is 17.2 Å². The molecule has 4 nitrogen and oxygen atoms in total. The molecule has 1 aliphatic rings. The van der Waals surface area contributed by atoms with E-state index in [4.69, 9.17) is 0 Å². The molecule has 0 aliphatic heterocycles. The minimum absolute atomic E-state index is 0.470. The molecule has 0 atom stereocenters. The molecule has 3 rings (SSSR count). The summed E-state index contributed by atoms with van der Waals surface area (Å²) in [4.78, 5) is 4.46. The van der Waals surface area contributed by atoms with Gasteiger partial charge in [-0.15, -0.1) is 5.10 Å². The predicted octanol–water partition coefficient (Wildman–Crippen LogP) is 3.34. The van der Waals surface area contributed by atoms with Crippen molar-refractivity contribution in [3.8, 4) is 0 Å². The van der Waals surface area contributed by atoms with E-state index in [1.807, 2.05) is 18.3 Å². The SMILES string of the molecule is CC(C)C1(CNc2nc3ccc(Br)cn3n2)CC1. The molecule has 2 aromatic heterocycles. The lowest BCUT2D eigenvalue weighted by atomic mass is 9.92. The van der Waals surface area contributed by atoms with Crippen LogP contribution < -0.4 is 5.32 Å². The van der Waals surface area contributed by atoms with Gasteiger partial charge < -0.3 is 5.32 Å². The molecule has 96 valence electrons. The Kier molecular flexibility index (Phi) is 2.81. The third kappa shape index (κ3) is 2.11. The van der Waals surface area contributed by atoms with Crippen LogP contribution in [-0.2, 0) is 0 Å². The molecule has 2 aromatic rings. The van der Waals surface area contributed by atoms with Crippen LogP contribution in [0.3, 0.4) is 0 Å². The van der Waals surface area contributed by atoms with E-state index < -0.39 is 0 Å². The summed E-state index contributed by atoms with van der Waals surface area (Å²) < 4.78 is 2.80. The molecule has 1 saturated carbocycles. The van der Waals surface area contributed by atoms with E-state index in [-0.39, 0.29) is 0 Å². The highest BCUT2D eigenvalue weighted by Crippen LogP contribution is 2.51. The van der Waals surface area contributed by atoms with Crippen LogP contribution in [0.5, 0.6) is 0 Å². The molecule has 18 heavy (non-hydrogen) atoms. The molecule has 1 aliphatic carbocycles. The fraction of sp³-hybridized carbons (Fsp3) is 0.538. The smallest absolute Gasteiger partial charge is 0.243 e.